The zero-order valence-corrected chi connectivity index (χ0v) is 14.5. The molecule has 0 bridgehead atoms. The molecule has 0 aromatic heterocycles. The molecule has 0 heterocycles. The van der Waals surface area contributed by atoms with Gasteiger partial charge >= 0.3 is 0 Å². The summed E-state index contributed by atoms with van der Waals surface area (Å²) >= 11 is 0. The Morgan fingerprint density at radius 3 is 2.25 bits per heavy atom. The van der Waals surface area contributed by atoms with Crippen LogP contribution in [0.1, 0.15) is 16.7 Å². The second kappa shape index (κ2) is 8.24. The third-order valence-electron chi connectivity index (χ3n) is 3.80. The van der Waals surface area contributed by atoms with Crippen molar-refractivity contribution >= 4 is 5.91 Å². The van der Waals surface area contributed by atoms with Gasteiger partial charge in [-0.15, -0.1) is 0 Å². The summed E-state index contributed by atoms with van der Waals surface area (Å²) in [5, 5.41) is 2.84. The average Bonchev–Trinajstić information content (AvgIpc) is 2.60. The first-order valence-corrected chi connectivity index (χ1v) is 7.71. The van der Waals surface area contributed by atoms with Gasteiger partial charge in [0, 0.05) is 12.1 Å². The topological polar surface area (TPSA) is 56.8 Å². The Labute approximate surface area is 142 Å². The van der Waals surface area contributed by atoms with E-state index in [4.69, 9.17) is 14.2 Å². The van der Waals surface area contributed by atoms with Crippen LogP contribution in [-0.2, 0) is 11.3 Å². The van der Waals surface area contributed by atoms with Gasteiger partial charge in [0.1, 0.15) is 5.75 Å². The van der Waals surface area contributed by atoms with Gasteiger partial charge < -0.3 is 19.5 Å². The molecule has 24 heavy (non-hydrogen) atoms. The summed E-state index contributed by atoms with van der Waals surface area (Å²) < 4.78 is 16.1. The number of carbonyl (C=O) groups excluding carboxylic acids is 1. The highest BCUT2D eigenvalue weighted by molar-refractivity contribution is 5.77. The summed E-state index contributed by atoms with van der Waals surface area (Å²) in [6.07, 6.45) is 0. The quantitative estimate of drug-likeness (QED) is 0.848. The van der Waals surface area contributed by atoms with Crippen LogP contribution in [0.5, 0.6) is 17.2 Å². The summed E-state index contributed by atoms with van der Waals surface area (Å²) in [4.78, 5) is 12.0. The molecule has 0 saturated carbocycles. The summed E-state index contributed by atoms with van der Waals surface area (Å²) in [5.74, 6) is 1.70. The normalized spacial score (nSPS) is 10.2. The van der Waals surface area contributed by atoms with E-state index >= 15 is 0 Å². The molecule has 0 radical (unpaired) electrons. The molecule has 0 aliphatic heterocycles. The second-order valence-corrected chi connectivity index (χ2v) is 5.46. The number of methoxy groups -OCH3 is 2. The van der Waals surface area contributed by atoms with Crippen LogP contribution >= 0.6 is 0 Å². The number of hydrogen-bond acceptors (Lipinski definition) is 4. The fourth-order valence-corrected chi connectivity index (χ4v) is 2.30. The summed E-state index contributed by atoms with van der Waals surface area (Å²) in [7, 11) is 3.19. The predicted octanol–water partition coefficient (Wildman–Crippen LogP) is 3.02. The SMILES string of the molecule is COc1cc(C)c(C)cc1CNC(=O)COc1ccccc1OC. The van der Waals surface area contributed by atoms with E-state index in [0.29, 0.717) is 18.0 Å². The van der Waals surface area contributed by atoms with Crippen LogP contribution in [0.3, 0.4) is 0 Å². The number of rotatable bonds is 7. The molecule has 0 fully saturated rings. The number of benzene rings is 2. The van der Waals surface area contributed by atoms with Crippen LogP contribution in [0.15, 0.2) is 36.4 Å². The largest absolute Gasteiger partial charge is 0.496 e. The molecule has 0 unspecified atom stereocenters. The Kier molecular flexibility index (Phi) is 6.07. The van der Waals surface area contributed by atoms with Crippen LogP contribution in [0.4, 0.5) is 0 Å². The van der Waals surface area contributed by atoms with E-state index in [2.05, 4.69) is 5.32 Å². The molecule has 2 rings (SSSR count). The third-order valence-corrected chi connectivity index (χ3v) is 3.80. The third kappa shape index (κ3) is 4.41. The first-order chi connectivity index (χ1) is 11.5. The lowest BCUT2D eigenvalue weighted by Crippen LogP contribution is -2.28. The first-order valence-electron chi connectivity index (χ1n) is 7.71. The summed E-state index contributed by atoms with van der Waals surface area (Å²) in [6, 6.07) is 11.2. The fourth-order valence-electron chi connectivity index (χ4n) is 2.30. The molecule has 0 aliphatic rings. The minimum absolute atomic E-state index is 0.0759. The number of hydrogen-bond donors (Lipinski definition) is 1. The highest BCUT2D eigenvalue weighted by Gasteiger charge is 2.10. The van der Waals surface area contributed by atoms with Gasteiger partial charge in [0.25, 0.3) is 5.91 Å². The van der Waals surface area contributed by atoms with E-state index in [9.17, 15) is 4.79 Å². The van der Waals surface area contributed by atoms with Crippen LogP contribution in [0, 0.1) is 13.8 Å². The van der Waals surface area contributed by atoms with Gasteiger partial charge in [0.05, 0.1) is 14.2 Å². The lowest BCUT2D eigenvalue weighted by molar-refractivity contribution is -0.123. The van der Waals surface area contributed by atoms with Crippen molar-refractivity contribution in [2.45, 2.75) is 20.4 Å². The van der Waals surface area contributed by atoms with Crippen LogP contribution in [0.25, 0.3) is 0 Å². The molecule has 0 spiro atoms. The van der Waals surface area contributed by atoms with E-state index in [-0.39, 0.29) is 12.5 Å². The van der Waals surface area contributed by atoms with Crippen molar-refractivity contribution < 1.29 is 19.0 Å². The highest BCUT2D eigenvalue weighted by atomic mass is 16.5. The number of carbonyl (C=O) groups is 1. The number of aryl methyl sites for hydroxylation is 2. The van der Waals surface area contributed by atoms with Gasteiger partial charge in [-0.2, -0.15) is 0 Å². The van der Waals surface area contributed by atoms with Gasteiger partial charge in [-0.1, -0.05) is 18.2 Å². The van der Waals surface area contributed by atoms with E-state index in [0.717, 1.165) is 22.4 Å². The minimum Gasteiger partial charge on any atom is -0.496 e. The van der Waals surface area contributed by atoms with Crippen molar-refractivity contribution in [3.05, 3.63) is 53.1 Å². The van der Waals surface area contributed by atoms with Gasteiger partial charge in [-0.25, -0.2) is 0 Å². The number of amides is 1. The molecular weight excluding hydrogens is 306 g/mol. The van der Waals surface area contributed by atoms with Crippen molar-refractivity contribution in [1.82, 2.24) is 5.32 Å². The zero-order valence-electron chi connectivity index (χ0n) is 14.5. The Bertz CT molecular complexity index is 713. The molecular formula is C19H23NO4. The van der Waals surface area contributed by atoms with Gasteiger partial charge in [0.15, 0.2) is 18.1 Å². The van der Waals surface area contributed by atoms with E-state index < -0.39 is 0 Å². The molecule has 0 aliphatic carbocycles. The van der Waals surface area contributed by atoms with Crippen molar-refractivity contribution in [1.29, 1.82) is 0 Å². The van der Waals surface area contributed by atoms with Crippen LogP contribution < -0.4 is 19.5 Å². The van der Waals surface area contributed by atoms with Crippen LogP contribution in [0.2, 0.25) is 0 Å². The molecule has 5 nitrogen and oxygen atoms in total. The molecule has 128 valence electrons. The van der Waals surface area contributed by atoms with E-state index in [1.807, 2.05) is 38.1 Å². The zero-order chi connectivity index (χ0) is 17.5. The molecule has 2 aromatic rings. The fraction of sp³-hybridized carbons (Fsp3) is 0.316. The standard InChI is InChI=1S/C19H23NO4/c1-13-9-15(18(23-4)10-14(13)2)11-20-19(21)12-24-17-8-6-5-7-16(17)22-3/h5-10H,11-12H2,1-4H3,(H,20,21). The van der Waals surface area contributed by atoms with E-state index in [1.54, 1.807) is 26.4 Å². The molecule has 0 saturated heterocycles. The van der Waals surface area contributed by atoms with Crippen molar-refractivity contribution in [3.8, 4) is 17.2 Å². The molecule has 1 N–H and O–H groups in total. The van der Waals surface area contributed by atoms with Gasteiger partial charge in [-0.3, -0.25) is 4.79 Å². The molecule has 5 heteroatoms. The Morgan fingerprint density at radius 2 is 1.58 bits per heavy atom. The first kappa shape index (κ1) is 17.7. The second-order valence-electron chi connectivity index (χ2n) is 5.46. The maximum absolute atomic E-state index is 12.0. The number of para-hydroxylation sites is 2. The van der Waals surface area contributed by atoms with Crippen molar-refractivity contribution in [2.75, 3.05) is 20.8 Å². The predicted molar refractivity (Wildman–Crippen MR) is 92.8 cm³/mol. The van der Waals surface area contributed by atoms with Crippen molar-refractivity contribution in [2.24, 2.45) is 0 Å². The highest BCUT2D eigenvalue weighted by Crippen LogP contribution is 2.25. The number of nitrogens with one attached hydrogen (secondary N) is 1. The van der Waals surface area contributed by atoms with Gasteiger partial charge in [-0.05, 0) is 43.2 Å². The molecule has 2 aromatic carbocycles. The summed E-state index contributed by atoms with van der Waals surface area (Å²) in [6.45, 7) is 4.37. The minimum atomic E-state index is -0.207. The van der Waals surface area contributed by atoms with Crippen LogP contribution in [-0.4, -0.2) is 26.7 Å². The Hall–Kier alpha value is -2.69. The lowest BCUT2D eigenvalue weighted by Gasteiger charge is -2.13. The molecule has 0 atom stereocenters. The Balaban J connectivity index is 1.93. The maximum Gasteiger partial charge on any atom is 0.258 e. The lowest BCUT2D eigenvalue weighted by atomic mass is 10.0. The monoisotopic (exact) mass is 329 g/mol. The van der Waals surface area contributed by atoms with Gasteiger partial charge in [0.2, 0.25) is 0 Å². The van der Waals surface area contributed by atoms with E-state index in [1.165, 1.54) is 0 Å². The maximum atomic E-state index is 12.0. The Morgan fingerprint density at radius 1 is 0.958 bits per heavy atom. The number of ether oxygens (including phenoxy) is 3. The molecule has 1 amide bonds. The van der Waals surface area contributed by atoms with Crippen molar-refractivity contribution in [3.63, 3.8) is 0 Å². The average molecular weight is 329 g/mol. The summed E-state index contributed by atoms with van der Waals surface area (Å²) in [5.41, 5.74) is 3.25. The smallest absolute Gasteiger partial charge is 0.258 e.